The molecule has 0 unspecified atom stereocenters. The van der Waals surface area contributed by atoms with Crippen LogP contribution in [0.1, 0.15) is 5.56 Å². The van der Waals surface area contributed by atoms with Crippen LogP contribution in [-0.4, -0.2) is 13.2 Å². The van der Waals surface area contributed by atoms with Gasteiger partial charge >= 0.3 is 0 Å². The van der Waals surface area contributed by atoms with Gasteiger partial charge in [-0.1, -0.05) is 34.1 Å². The molecule has 0 bridgehead atoms. The van der Waals surface area contributed by atoms with Gasteiger partial charge in [0, 0.05) is 4.47 Å². The van der Waals surface area contributed by atoms with E-state index in [4.69, 9.17) is 16.3 Å². The van der Waals surface area contributed by atoms with E-state index in [0.717, 1.165) is 10.0 Å². The van der Waals surface area contributed by atoms with Gasteiger partial charge in [-0.3, -0.25) is 0 Å². The van der Waals surface area contributed by atoms with Gasteiger partial charge in [-0.05, 0) is 11.6 Å². The minimum Gasteiger partial charge on any atom is -0.377 e. The zero-order valence-corrected chi connectivity index (χ0v) is 8.73. The van der Waals surface area contributed by atoms with Crippen molar-refractivity contribution in [3.8, 4) is 0 Å². The van der Waals surface area contributed by atoms with Crippen LogP contribution in [0.2, 0.25) is 0 Å². The first-order chi connectivity index (χ1) is 5.72. The quantitative estimate of drug-likeness (QED) is 0.694. The van der Waals surface area contributed by atoms with Crippen LogP contribution in [0.25, 0.3) is 0 Å². The first-order valence-electron chi connectivity index (χ1n) is 3.74. The Morgan fingerprint density at radius 3 is 2.50 bits per heavy atom. The van der Waals surface area contributed by atoms with E-state index in [1.165, 1.54) is 0 Å². The molecule has 1 aliphatic heterocycles. The zero-order chi connectivity index (χ0) is 8.60. The molecule has 0 aromatic heterocycles. The van der Waals surface area contributed by atoms with Gasteiger partial charge < -0.3 is 4.74 Å². The maximum absolute atomic E-state index is 6.28. The predicted octanol–water partition coefficient (Wildman–Crippen LogP) is 2.91. The van der Waals surface area contributed by atoms with Crippen molar-refractivity contribution in [3.05, 3.63) is 34.3 Å². The lowest BCUT2D eigenvalue weighted by molar-refractivity contribution is -0.0155. The lowest BCUT2D eigenvalue weighted by Gasteiger charge is -2.36. The number of alkyl halides is 1. The molecule has 0 radical (unpaired) electrons. The van der Waals surface area contributed by atoms with Crippen LogP contribution >= 0.6 is 27.5 Å². The number of rotatable bonds is 1. The number of ether oxygens (including phenoxy) is 1. The highest BCUT2D eigenvalue weighted by atomic mass is 79.9. The summed E-state index contributed by atoms with van der Waals surface area (Å²) in [7, 11) is 0. The van der Waals surface area contributed by atoms with E-state index < -0.39 is 0 Å². The Morgan fingerprint density at radius 1 is 1.33 bits per heavy atom. The molecule has 1 fully saturated rings. The van der Waals surface area contributed by atoms with Crippen LogP contribution in [0.4, 0.5) is 0 Å². The molecular formula is C9H8BrClO. The van der Waals surface area contributed by atoms with Crippen molar-refractivity contribution in [3.63, 3.8) is 0 Å². The van der Waals surface area contributed by atoms with Crippen molar-refractivity contribution in [1.29, 1.82) is 0 Å². The molecule has 0 spiro atoms. The minimum atomic E-state index is -0.292. The summed E-state index contributed by atoms with van der Waals surface area (Å²) >= 11 is 9.75. The third kappa shape index (κ3) is 1.28. The Balaban J connectivity index is 2.39. The highest BCUT2D eigenvalue weighted by Gasteiger charge is 2.39. The SMILES string of the molecule is ClC1(c2ccccc2Br)COC1. The highest BCUT2D eigenvalue weighted by molar-refractivity contribution is 9.10. The van der Waals surface area contributed by atoms with Gasteiger partial charge in [0.2, 0.25) is 0 Å². The van der Waals surface area contributed by atoms with Crippen LogP contribution in [0.15, 0.2) is 28.7 Å². The lowest BCUT2D eigenvalue weighted by Crippen LogP contribution is -2.41. The Bertz CT molecular complexity index is 296. The summed E-state index contributed by atoms with van der Waals surface area (Å²) in [5, 5.41) is 0. The van der Waals surface area contributed by atoms with E-state index in [1.54, 1.807) is 0 Å². The molecule has 0 atom stereocenters. The van der Waals surface area contributed by atoms with E-state index in [2.05, 4.69) is 15.9 Å². The first kappa shape index (κ1) is 8.54. The second-order valence-corrected chi connectivity index (χ2v) is 4.52. The second-order valence-electron chi connectivity index (χ2n) is 2.94. The summed E-state index contributed by atoms with van der Waals surface area (Å²) in [6.45, 7) is 1.22. The zero-order valence-electron chi connectivity index (χ0n) is 6.39. The largest absolute Gasteiger partial charge is 0.377 e. The smallest absolute Gasteiger partial charge is 0.117 e. The Labute approximate surface area is 84.8 Å². The Hall–Kier alpha value is -0.0500. The molecule has 2 rings (SSSR count). The van der Waals surface area contributed by atoms with Gasteiger partial charge in [-0.15, -0.1) is 11.6 Å². The van der Waals surface area contributed by atoms with Gasteiger partial charge in [0.15, 0.2) is 0 Å². The fraction of sp³-hybridized carbons (Fsp3) is 0.333. The maximum atomic E-state index is 6.28. The molecule has 1 aromatic carbocycles. The maximum Gasteiger partial charge on any atom is 0.117 e. The standard InChI is InChI=1S/C9H8BrClO/c10-8-4-2-1-3-7(8)9(11)5-12-6-9/h1-4H,5-6H2. The molecule has 0 N–H and O–H groups in total. The van der Waals surface area contributed by atoms with E-state index >= 15 is 0 Å². The van der Waals surface area contributed by atoms with Crippen molar-refractivity contribution in [1.82, 2.24) is 0 Å². The summed E-state index contributed by atoms with van der Waals surface area (Å²) < 4.78 is 6.15. The minimum absolute atomic E-state index is 0.292. The molecule has 64 valence electrons. The van der Waals surface area contributed by atoms with Gasteiger partial charge in [0.25, 0.3) is 0 Å². The molecular weight excluding hydrogens is 239 g/mol. The van der Waals surface area contributed by atoms with Crippen LogP contribution in [0, 0.1) is 0 Å². The molecule has 0 amide bonds. The van der Waals surface area contributed by atoms with Crippen molar-refractivity contribution in [2.75, 3.05) is 13.2 Å². The number of hydrogen-bond donors (Lipinski definition) is 0. The van der Waals surface area contributed by atoms with E-state index in [9.17, 15) is 0 Å². The van der Waals surface area contributed by atoms with Crippen molar-refractivity contribution in [2.24, 2.45) is 0 Å². The summed E-state index contributed by atoms with van der Waals surface area (Å²) in [6, 6.07) is 7.99. The van der Waals surface area contributed by atoms with Gasteiger partial charge in [-0.25, -0.2) is 0 Å². The van der Waals surface area contributed by atoms with Crippen molar-refractivity contribution < 1.29 is 4.74 Å². The Morgan fingerprint density at radius 2 is 2.00 bits per heavy atom. The molecule has 1 saturated heterocycles. The summed E-state index contributed by atoms with van der Waals surface area (Å²) in [6.07, 6.45) is 0. The molecule has 1 aliphatic rings. The molecule has 0 saturated carbocycles. The summed E-state index contributed by atoms with van der Waals surface area (Å²) in [4.78, 5) is -0.292. The lowest BCUT2D eigenvalue weighted by atomic mass is 9.97. The number of halogens is 2. The molecule has 3 heteroatoms. The fourth-order valence-electron chi connectivity index (χ4n) is 1.26. The second kappa shape index (κ2) is 3.02. The molecule has 1 aromatic rings. The third-order valence-corrected chi connectivity index (χ3v) is 3.13. The average molecular weight is 248 g/mol. The monoisotopic (exact) mass is 246 g/mol. The van der Waals surface area contributed by atoms with Crippen LogP contribution in [-0.2, 0) is 9.61 Å². The molecule has 12 heavy (non-hydrogen) atoms. The summed E-state index contributed by atoms with van der Waals surface area (Å²) in [5.74, 6) is 0. The summed E-state index contributed by atoms with van der Waals surface area (Å²) in [5.41, 5.74) is 1.12. The molecule has 1 nitrogen and oxygen atoms in total. The first-order valence-corrected chi connectivity index (χ1v) is 4.91. The molecule has 0 aliphatic carbocycles. The fourth-order valence-corrected chi connectivity index (χ4v) is 2.36. The van der Waals surface area contributed by atoms with Crippen LogP contribution in [0.5, 0.6) is 0 Å². The number of hydrogen-bond acceptors (Lipinski definition) is 1. The van der Waals surface area contributed by atoms with Gasteiger partial charge in [0.1, 0.15) is 4.87 Å². The topological polar surface area (TPSA) is 9.23 Å². The van der Waals surface area contributed by atoms with Crippen molar-refractivity contribution in [2.45, 2.75) is 4.87 Å². The van der Waals surface area contributed by atoms with Gasteiger partial charge in [0.05, 0.1) is 13.2 Å². The van der Waals surface area contributed by atoms with Gasteiger partial charge in [-0.2, -0.15) is 0 Å². The van der Waals surface area contributed by atoms with E-state index in [0.29, 0.717) is 13.2 Å². The average Bonchev–Trinajstić information content (AvgIpc) is 2.01. The highest BCUT2D eigenvalue weighted by Crippen LogP contribution is 2.39. The Kier molecular flexibility index (Phi) is 2.15. The normalized spacial score (nSPS) is 20.2. The third-order valence-electron chi connectivity index (χ3n) is 2.02. The molecule has 1 heterocycles. The van der Waals surface area contributed by atoms with Crippen LogP contribution < -0.4 is 0 Å². The predicted molar refractivity (Wildman–Crippen MR) is 52.5 cm³/mol. The van der Waals surface area contributed by atoms with Crippen LogP contribution in [0.3, 0.4) is 0 Å². The van der Waals surface area contributed by atoms with E-state index in [1.807, 2.05) is 24.3 Å². The van der Waals surface area contributed by atoms with E-state index in [-0.39, 0.29) is 4.87 Å². The van der Waals surface area contributed by atoms with Crippen molar-refractivity contribution >= 4 is 27.5 Å². The number of benzene rings is 1.